The Morgan fingerprint density at radius 3 is 2.70 bits per heavy atom. The monoisotopic (exact) mass is 311 g/mol. The van der Waals surface area contributed by atoms with Crippen molar-refractivity contribution >= 4 is 34.9 Å². The largest absolute Gasteiger partial charge is 0.383 e. The minimum atomic E-state index is -0.588. The number of hydrogen-bond donors (Lipinski definition) is 0. The van der Waals surface area contributed by atoms with Crippen LogP contribution in [0.4, 0.5) is 0 Å². The van der Waals surface area contributed by atoms with Crippen LogP contribution in [0.3, 0.4) is 0 Å². The number of hydrogen-bond acceptors (Lipinski definition) is 4. The van der Waals surface area contributed by atoms with E-state index >= 15 is 0 Å². The minimum Gasteiger partial charge on any atom is -0.311 e. The third kappa shape index (κ3) is 3.18. The summed E-state index contributed by atoms with van der Waals surface area (Å²) < 4.78 is 1.41. The highest BCUT2D eigenvalue weighted by molar-refractivity contribution is 6.37. The van der Waals surface area contributed by atoms with E-state index in [-0.39, 0.29) is 0 Å². The van der Waals surface area contributed by atoms with Crippen molar-refractivity contribution in [2.45, 2.75) is 6.92 Å². The fourth-order valence-corrected chi connectivity index (χ4v) is 2.11. The second kappa shape index (κ2) is 6.07. The quantitative estimate of drug-likeness (QED) is 0.496. The highest BCUT2D eigenvalue weighted by Crippen LogP contribution is 2.21. The van der Waals surface area contributed by atoms with Crippen molar-refractivity contribution in [1.82, 2.24) is 9.78 Å². The maximum absolute atomic E-state index is 11.8. The van der Waals surface area contributed by atoms with E-state index in [1.807, 2.05) is 0 Å². The van der Waals surface area contributed by atoms with Crippen LogP contribution in [0.2, 0.25) is 10.0 Å². The molecule has 0 aliphatic carbocycles. The van der Waals surface area contributed by atoms with E-state index in [2.05, 4.69) is 10.3 Å². The van der Waals surface area contributed by atoms with Gasteiger partial charge in [0.25, 0.3) is 0 Å². The maximum atomic E-state index is 11.8. The molecule has 0 bridgehead atoms. The molecule has 5 nitrogen and oxygen atoms in total. The van der Waals surface area contributed by atoms with E-state index in [1.54, 1.807) is 38.2 Å². The Morgan fingerprint density at radius 1 is 1.35 bits per heavy atom. The molecule has 2 rings (SSSR count). The second-order valence-corrected chi connectivity index (χ2v) is 4.86. The molecule has 0 atom stereocenters. The summed E-state index contributed by atoms with van der Waals surface area (Å²) in [5, 5.41) is 8.63. The zero-order valence-corrected chi connectivity index (χ0v) is 12.3. The fourth-order valence-electron chi connectivity index (χ4n) is 1.56. The van der Waals surface area contributed by atoms with Gasteiger partial charge >= 0.3 is 5.97 Å². The number of aryl methyl sites for hydroxylation is 1. The van der Waals surface area contributed by atoms with Crippen LogP contribution in [0, 0.1) is 0 Å². The van der Waals surface area contributed by atoms with Gasteiger partial charge in [0.1, 0.15) is 5.69 Å². The number of rotatable bonds is 3. The number of aromatic nitrogens is 2. The van der Waals surface area contributed by atoms with Gasteiger partial charge in [-0.1, -0.05) is 34.4 Å². The lowest BCUT2D eigenvalue weighted by Crippen LogP contribution is -2.09. The first-order valence-electron chi connectivity index (χ1n) is 5.68. The summed E-state index contributed by atoms with van der Waals surface area (Å²) >= 11 is 11.9. The van der Waals surface area contributed by atoms with Crippen molar-refractivity contribution in [2.75, 3.05) is 0 Å². The van der Waals surface area contributed by atoms with Crippen LogP contribution in [-0.2, 0) is 11.9 Å². The average molecular weight is 312 g/mol. The molecule has 0 spiro atoms. The number of carbonyl (C=O) groups is 1. The molecule has 0 N–H and O–H groups in total. The Hall–Kier alpha value is -1.85. The highest BCUT2D eigenvalue weighted by atomic mass is 35.5. The molecule has 1 aromatic heterocycles. The fraction of sp³-hybridized carbons (Fsp3) is 0.154. The van der Waals surface area contributed by atoms with Crippen LogP contribution >= 0.6 is 23.2 Å². The van der Waals surface area contributed by atoms with Gasteiger partial charge in [0.15, 0.2) is 0 Å². The predicted molar refractivity (Wildman–Crippen MR) is 77.3 cm³/mol. The van der Waals surface area contributed by atoms with Gasteiger partial charge in [0, 0.05) is 23.8 Å². The van der Waals surface area contributed by atoms with Crippen molar-refractivity contribution in [1.29, 1.82) is 0 Å². The van der Waals surface area contributed by atoms with Gasteiger partial charge < -0.3 is 4.84 Å². The zero-order chi connectivity index (χ0) is 14.7. The summed E-state index contributed by atoms with van der Waals surface area (Å²) in [6.07, 6.45) is 1.50. The molecule has 0 fully saturated rings. The number of nitrogens with zero attached hydrogens (tertiary/aromatic N) is 3. The van der Waals surface area contributed by atoms with Crippen molar-refractivity contribution < 1.29 is 9.63 Å². The van der Waals surface area contributed by atoms with Crippen LogP contribution in [0.25, 0.3) is 0 Å². The third-order valence-corrected chi connectivity index (χ3v) is 3.16. The Labute approximate surface area is 125 Å². The molecule has 0 unspecified atom stereocenters. The molecule has 0 aliphatic heterocycles. The van der Waals surface area contributed by atoms with Crippen molar-refractivity contribution in [3.63, 3.8) is 0 Å². The van der Waals surface area contributed by atoms with Crippen molar-refractivity contribution in [2.24, 2.45) is 12.2 Å². The molecular weight excluding hydrogens is 301 g/mol. The first-order chi connectivity index (χ1) is 9.49. The SMILES string of the molecule is CC(=NOC(=O)c1ccnn1C)c1ccc(Cl)cc1Cl. The summed E-state index contributed by atoms with van der Waals surface area (Å²) in [5.41, 5.74) is 1.43. The van der Waals surface area contributed by atoms with Crippen LogP contribution < -0.4 is 0 Å². The number of halogens is 2. The molecule has 2 aromatic rings. The summed E-state index contributed by atoms with van der Waals surface area (Å²) in [5.74, 6) is -0.588. The van der Waals surface area contributed by atoms with E-state index in [1.165, 1.54) is 10.9 Å². The van der Waals surface area contributed by atoms with E-state index < -0.39 is 5.97 Å². The van der Waals surface area contributed by atoms with Gasteiger partial charge in [-0.2, -0.15) is 5.10 Å². The van der Waals surface area contributed by atoms with Crippen molar-refractivity contribution in [3.05, 3.63) is 51.8 Å². The van der Waals surface area contributed by atoms with Crippen LogP contribution in [0.1, 0.15) is 23.0 Å². The van der Waals surface area contributed by atoms with Crippen LogP contribution in [-0.4, -0.2) is 21.5 Å². The topological polar surface area (TPSA) is 56.5 Å². The Bertz CT molecular complexity index is 680. The van der Waals surface area contributed by atoms with E-state index in [0.29, 0.717) is 27.0 Å². The zero-order valence-electron chi connectivity index (χ0n) is 10.8. The first kappa shape index (κ1) is 14.6. The van der Waals surface area contributed by atoms with Gasteiger partial charge in [0.05, 0.1) is 10.7 Å². The molecule has 0 saturated carbocycles. The van der Waals surface area contributed by atoms with Crippen LogP contribution in [0.15, 0.2) is 35.6 Å². The van der Waals surface area contributed by atoms with E-state index in [9.17, 15) is 4.79 Å². The lowest BCUT2D eigenvalue weighted by molar-refractivity contribution is 0.0503. The van der Waals surface area contributed by atoms with Gasteiger partial charge in [-0.25, -0.2) is 4.79 Å². The Morgan fingerprint density at radius 2 is 2.10 bits per heavy atom. The smallest absolute Gasteiger partial charge is 0.311 e. The van der Waals surface area contributed by atoms with Gasteiger partial charge in [-0.05, 0) is 25.1 Å². The molecule has 0 saturated heterocycles. The Kier molecular flexibility index (Phi) is 4.42. The normalized spacial score (nSPS) is 11.5. The number of oxime groups is 1. The average Bonchev–Trinajstić information content (AvgIpc) is 2.82. The van der Waals surface area contributed by atoms with E-state index in [4.69, 9.17) is 28.0 Å². The Balaban J connectivity index is 2.15. The summed E-state index contributed by atoms with van der Waals surface area (Å²) in [7, 11) is 1.64. The molecule has 0 radical (unpaired) electrons. The lowest BCUT2D eigenvalue weighted by atomic mass is 10.1. The predicted octanol–water partition coefficient (Wildman–Crippen LogP) is 3.31. The molecule has 0 amide bonds. The van der Waals surface area contributed by atoms with Gasteiger partial charge in [-0.15, -0.1) is 0 Å². The molecule has 0 aliphatic rings. The lowest BCUT2D eigenvalue weighted by Gasteiger charge is -2.04. The summed E-state index contributed by atoms with van der Waals surface area (Å²) in [6.45, 7) is 1.69. The maximum Gasteiger partial charge on any atom is 0.383 e. The summed E-state index contributed by atoms with van der Waals surface area (Å²) in [6, 6.07) is 6.54. The molecule has 7 heteroatoms. The van der Waals surface area contributed by atoms with Gasteiger partial charge in [0.2, 0.25) is 0 Å². The molecule has 20 heavy (non-hydrogen) atoms. The molecule has 1 heterocycles. The molecule has 1 aromatic carbocycles. The van der Waals surface area contributed by atoms with E-state index in [0.717, 1.165) is 0 Å². The van der Waals surface area contributed by atoms with Crippen molar-refractivity contribution in [3.8, 4) is 0 Å². The van der Waals surface area contributed by atoms with Crippen LogP contribution in [0.5, 0.6) is 0 Å². The second-order valence-electron chi connectivity index (χ2n) is 4.02. The molecule has 104 valence electrons. The summed E-state index contributed by atoms with van der Waals surface area (Å²) in [4.78, 5) is 16.6. The standard InChI is InChI=1S/C13H11Cl2N3O2/c1-8(10-4-3-9(14)7-11(10)15)17-20-13(19)12-5-6-16-18(12)2/h3-7H,1-2H3. The number of carbonyl (C=O) groups excluding carboxylic acids is 1. The van der Waals surface area contributed by atoms with Gasteiger partial charge in [-0.3, -0.25) is 4.68 Å². The number of benzene rings is 1. The highest BCUT2D eigenvalue weighted by Gasteiger charge is 2.12. The molecular formula is C13H11Cl2N3O2. The first-order valence-corrected chi connectivity index (χ1v) is 6.44. The third-order valence-electron chi connectivity index (χ3n) is 2.62. The minimum absolute atomic E-state index is 0.309.